The van der Waals surface area contributed by atoms with Crippen molar-refractivity contribution in [2.75, 3.05) is 7.11 Å². The zero-order valence-electron chi connectivity index (χ0n) is 13.2. The molecular weight excluding hydrogens is 342 g/mol. The molecule has 0 amide bonds. The van der Waals surface area contributed by atoms with Crippen LogP contribution >= 0.6 is 11.8 Å². The molecule has 25 heavy (non-hydrogen) atoms. The molecular formula is C16H14N5O3S-. The first-order valence-electron chi connectivity index (χ1n) is 7.48. The van der Waals surface area contributed by atoms with Crippen LogP contribution in [0.3, 0.4) is 0 Å². The Morgan fingerprint density at radius 1 is 1.16 bits per heavy atom. The van der Waals surface area contributed by atoms with Crippen LogP contribution in [-0.4, -0.2) is 27.9 Å². The van der Waals surface area contributed by atoms with Gasteiger partial charge in [0, 0.05) is 17.7 Å². The van der Waals surface area contributed by atoms with Crippen molar-refractivity contribution in [1.82, 2.24) is 15.9 Å². The van der Waals surface area contributed by atoms with Crippen molar-refractivity contribution >= 4 is 22.6 Å². The number of hydrogen-bond acceptors (Lipinski definition) is 8. The number of nitrogens with one attached hydrogen (secondary N) is 2. The number of ether oxygens (including phenoxy) is 1. The molecule has 0 radical (unpaired) electrons. The SMILES string of the molecule is COc1ccc(C2NN3C(=NNC3=C3C=CC(=[N+]([O-])[O-])C=C3)S2)cc1. The molecule has 2 heterocycles. The number of hydrazine groups is 1. The Bertz CT molecular complexity index is 835. The minimum Gasteiger partial charge on any atom is -0.612 e. The monoisotopic (exact) mass is 356 g/mol. The number of methoxy groups -OCH3 is 1. The summed E-state index contributed by atoms with van der Waals surface area (Å²) in [6.45, 7) is 0. The third-order valence-electron chi connectivity index (χ3n) is 3.91. The van der Waals surface area contributed by atoms with Gasteiger partial charge in [-0.15, -0.1) is 5.10 Å². The van der Waals surface area contributed by atoms with E-state index < -0.39 is 4.90 Å². The van der Waals surface area contributed by atoms with Crippen LogP contribution in [-0.2, 0) is 0 Å². The molecule has 1 fully saturated rings. The number of amidine groups is 1. The Balaban J connectivity index is 1.55. The van der Waals surface area contributed by atoms with Crippen LogP contribution in [0.25, 0.3) is 0 Å². The second kappa shape index (κ2) is 6.19. The lowest BCUT2D eigenvalue weighted by molar-refractivity contribution is -0.377. The van der Waals surface area contributed by atoms with Crippen LogP contribution in [0.1, 0.15) is 10.9 Å². The Morgan fingerprint density at radius 3 is 2.52 bits per heavy atom. The highest BCUT2D eigenvalue weighted by molar-refractivity contribution is 8.14. The first-order valence-corrected chi connectivity index (χ1v) is 8.36. The lowest BCUT2D eigenvalue weighted by Gasteiger charge is -2.18. The van der Waals surface area contributed by atoms with Gasteiger partial charge in [0.1, 0.15) is 11.1 Å². The fourth-order valence-corrected chi connectivity index (χ4v) is 3.61. The third-order valence-corrected chi connectivity index (χ3v) is 5.01. The van der Waals surface area contributed by atoms with Crippen LogP contribution in [0.4, 0.5) is 0 Å². The topological polar surface area (TPSA) is 98.0 Å². The van der Waals surface area contributed by atoms with Crippen molar-refractivity contribution in [3.05, 3.63) is 75.9 Å². The van der Waals surface area contributed by atoms with Crippen molar-refractivity contribution < 1.29 is 9.64 Å². The van der Waals surface area contributed by atoms with Crippen molar-refractivity contribution in [2.45, 2.75) is 5.37 Å². The number of thioether (sulfide) groups is 1. The summed E-state index contributed by atoms with van der Waals surface area (Å²) in [5, 5.41) is 28.6. The van der Waals surface area contributed by atoms with Gasteiger partial charge in [0.05, 0.1) is 7.11 Å². The zero-order valence-corrected chi connectivity index (χ0v) is 14.0. The first kappa shape index (κ1) is 15.6. The summed E-state index contributed by atoms with van der Waals surface area (Å²) < 4.78 is 5.18. The van der Waals surface area contributed by atoms with Crippen LogP contribution in [0, 0.1) is 10.4 Å². The fourth-order valence-electron chi connectivity index (χ4n) is 2.60. The molecule has 1 aliphatic carbocycles. The molecule has 3 aliphatic rings. The van der Waals surface area contributed by atoms with Gasteiger partial charge in [-0.05, 0) is 29.8 Å². The van der Waals surface area contributed by atoms with Gasteiger partial charge >= 0.3 is 0 Å². The second-order valence-electron chi connectivity index (χ2n) is 5.39. The Hall–Kier alpha value is -2.91. The second-order valence-corrected chi connectivity index (χ2v) is 6.47. The van der Waals surface area contributed by atoms with Crippen LogP contribution in [0.15, 0.2) is 65.1 Å². The predicted octanol–water partition coefficient (Wildman–Crippen LogP) is 1.91. The highest BCUT2D eigenvalue weighted by atomic mass is 32.2. The van der Waals surface area contributed by atoms with E-state index in [2.05, 4.69) is 16.0 Å². The maximum absolute atomic E-state index is 10.8. The van der Waals surface area contributed by atoms with Gasteiger partial charge in [-0.1, -0.05) is 23.9 Å². The Labute approximate surface area is 148 Å². The molecule has 1 saturated heterocycles. The molecule has 4 rings (SSSR count). The highest BCUT2D eigenvalue weighted by Crippen LogP contribution is 2.38. The van der Waals surface area contributed by atoms with Crippen molar-refractivity contribution in [1.29, 1.82) is 0 Å². The van der Waals surface area contributed by atoms with Crippen molar-refractivity contribution in [3.63, 3.8) is 0 Å². The van der Waals surface area contributed by atoms with E-state index in [1.54, 1.807) is 31.0 Å². The summed E-state index contributed by atoms with van der Waals surface area (Å²) in [6.07, 6.45) is 6.36. The number of hydrogen-bond donors (Lipinski definition) is 2. The quantitative estimate of drug-likeness (QED) is 0.617. The lowest BCUT2D eigenvalue weighted by atomic mass is 10.1. The molecule has 0 aromatic heterocycles. The van der Waals surface area contributed by atoms with Gasteiger partial charge in [-0.25, -0.2) is 10.4 Å². The molecule has 2 N–H and O–H groups in total. The smallest absolute Gasteiger partial charge is 0.222 e. The number of nitrogens with zero attached hydrogens (tertiary/aromatic N) is 3. The fraction of sp³-hybridized carbons (Fsp3) is 0.125. The third kappa shape index (κ3) is 2.83. The summed E-state index contributed by atoms with van der Waals surface area (Å²) in [6, 6.07) is 7.85. The molecule has 9 heteroatoms. The molecule has 0 spiro atoms. The molecule has 1 aromatic carbocycles. The van der Waals surface area contributed by atoms with Crippen molar-refractivity contribution in [3.8, 4) is 5.75 Å². The molecule has 1 aromatic rings. The largest absolute Gasteiger partial charge is 0.612 e. The van der Waals surface area contributed by atoms with Gasteiger partial charge in [0.25, 0.3) is 0 Å². The maximum Gasteiger partial charge on any atom is 0.222 e. The minimum absolute atomic E-state index is 0.0276. The van der Waals surface area contributed by atoms with Gasteiger partial charge in [0.2, 0.25) is 10.9 Å². The van der Waals surface area contributed by atoms with E-state index in [0.717, 1.165) is 27.9 Å². The average Bonchev–Trinajstić information content (AvgIpc) is 3.22. The minimum atomic E-state index is -0.415. The van der Waals surface area contributed by atoms with E-state index in [1.165, 1.54) is 12.2 Å². The number of hydrazone groups is 1. The van der Waals surface area contributed by atoms with Crippen LogP contribution < -0.4 is 15.6 Å². The van der Waals surface area contributed by atoms with E-state index in [0.29, 0.717) is 0 Å². The average molecular weight is 356 g/mol. The number of benzene rings is 1. The summed E-state index contributed by atoms with van der Waals surface area (Å²) in [5.74, 6) is 1.55. The summed E-state index contributed by atoms with van der Waals surface area (Å²) in [7, 11) is 1.64. The Morgan fingerprint density at radius 2 is 1.88 bits per heavy atom. The predicted molar refractivity (Wildman–Crippen MR) is 96.2 cm³/mol. The number of fused-ring (bicyclic) bond motifs is 1. The molecule has 1 atom stereocenters. The molecule has 1 unspecified atom stereocenters. The Kier molecular flexibility index (Phi) is 3.86. The van der Waals surface area contributed by atoms with E-state index in [4.69, 9.17) is 4.74 Å². The molecule has 8 nitrogen and oxygen atoms in total. The summed E-state index contributed by atoms with van der Waals surface area (Å²) in [4.78, 5) is -0.415. The lowest BCUT2D eigenvalue weighted by Crippen LogP contribution is -2.34. The maximum atomic E-state index is 10.8. The standard InChI is InChI=1S/C16H14N5O3S/c1-24-13-8-4-11(5-9-13)15-19-20-14(17-18-16(20)25-15)10-2-6-12(7-3-10)21(22)23/h2-9,15,17,19H,1H3/q-1. The molecule has 128 valence electrons. The van der Waals surface area contributed by atoms with E-state index >= 15 is 0 Å². The van der Waals surface area contributed by atoms with E-state index in [1.807, 2.05) is 29.3 Å². The van der Waals surface area contributed by atoms with E-state index in [9.17, 15) is 10.4 Å². The zero-order chi connectivity index (χ0) is 17.4. The van der Waals surface area contributed by atoms with E-state index in [-0.39, 0.29) is 11.1 Å². The normalized spacial score (nSPS) is 21.3. The van der Waals surface area contributed by atoms with Gasteiger partial charge in [0.15, 0.2) is 5.82 Å². The summed E-state index contributed by atoms with van der Waals surface area (Å²) in [5.41, 5.74) is 8.33. The number of allylic oxidation sites excluding steroid dienone is 5. The molecule has 0 saturated carbocycles. The van der Waals surface area contributed by atoms with Crippen LogP contribution in [0.2, 0.25) is 0 Å². The van der Waals surface area contributed by atoms with Gasteiger partial charge < -0.3 is 15.2 Å². The van der Waals surface area contributed by atoms with Crippen LogP contribution in [0.5, 0.6) is 5.75 Å². The first-order chi connectivity index (χ1) is 12.2. The van der Waals surface area contributed by atoms with Gasteiger partial charge in [-0.2, -0.15) is 4.90 Å². The molecule has 2 aliphatic heterocycles. The van der Waals surface area contributed by atoms with Gasteiger partial charge in [-0.3, -0.25) is 5.43 Å². The summed E-state index contributed by atoms with van der Waals surface area (Å²) >= 11 is 1.59. The number of rotatable bonds is 2. The van der Waals surface area contributed by atoms with Crippen molar-refractivity contribution in [2.24, 2.45) is 5.10 Å². The highest BCUT2D eigenvalue weighted by Gasteiger charge is 2.36. The molecule has 0 bridgehead atoms.